The SMILES string of the molecule is CC=CCCC(C)C(=O)OC12CCC(C1)C(OC)(OC)C2. The van der Waals surface area contributed by atoms with Crippen LogP contribution in [0.4, 0.5) is 0 Å². The molecule has 3 unspecified atom stereocenters. The highest BCUT2D eigenvalue weighted by atomic mass is 16.7. The Bertz CT molecular complexity index is 400. The van der Waals surface area contributed by atoms with Crippen LogP contribution in [-0.2, 0) is 19.0 Å². The third-order valence-corrected chi connectivity index (χ3v) is 5.17. The molecular formula is C17H28O4. The number of hydrogen-bond acceptors (Lipinski definition) is 4. The monoisotopic (exact) mass is 296 g/mol. The number of rotatable bonds is 7. The van der Waals surface area contributed by atoms with Crippen LogP contribution in [0.5, 0.6) is 0 Å². The fourth-order valence-corrected chi connectivity index (χ4v) is 3.85. The maximum Gasteiger partial charge on any atom is 0.309 e. The second kappa shape index (κ2) is 6.49. The first-order chi connectivity index (χ1) is 10.0. The van der Waals surface area contributed by atoms with Crippen molar-refractivity contribution in [3.63, 3.8) is 0 Å². The third kappa shape index (κ3) is 3.16. The molecule has 120 valence electrons. The zero-order valence-electron chi connectivity index (χ0n) is 13.7. The number of carbonyl (C=O) groups excluding carboxylic acids is 1. The van der Waals surface area contributed by atoms with Gasteiger partial charge in [0.05, 0.1) is 5.92 Å². The number of ether oxygens (including phenoxy) is 3. The molecule has 0 aromatic heterocycles. The van der Waals surface area contributed by atoms with Crippen molar-refractivity contribution in [2.75, 3.05) is 14.2 Å². The lowest BCUT2D eigenvalue weighted by Gasteiger charge is -2.37. The van der Waals surface area contributed by atoms with Gasteiger partial charge in [-0.15, -0.1) is 0 Å². The Hall–Kier alpha value is -0.870. The lowest BCUT2D eigenvalue weighted by atomic mass is 9.91. The van der Waals surface area contributed by atoms with Crippen molar-refractivity contribution in [1.29, 1.82) is 0 Å². The van der Waals surface area contributed by atoms with Crippen LogP contribution in [0.15, 0.2) is 12.2 Å². The van der Waals surface area contributed by atoms with Gasteiger partial charge in [-0.05, 0) is 39.0 Å². The maximum absolute atomic E-state index is 12.3. The predicted octanol–water partition coefficient (Wildman–Crippen LogP) is 3.45. The van der Waals surface area contributed by atoms with Crippen LogP contribution in [0, 0.1) is 11.8 Å². The van der Waals surface area contributed by atoms with Crippen molar-refractivity contribution >= 4 is 5.97 Å². The van der Waals surface area contributed by atoms with Crippen LogP contribution in [0.1, 0.15) is 52.4 Å². The topological polar surface area (TPSA) is 44.8 Å². The number of hydrogen-bond donors (Lipinski definition) is 0. The van der Waals surface area contributed by atoms with Gasteiger partial charge in [0.15, 0.2) is 5.79 Å². The Morgan fingerprint density at radius 1 is 1.38 bits per heavy atom. The minimum Gasteiger partial charge on any atom is -0.459 e. The van der Waals surface area contributed by atoms with Crippen molar-refractivity contribution < 1.29 is 19.0 Å². The lowest BCUT2D eigenvalue weighted by Crippen LogP contribution is -2.44. The molecule has 0 N–H and O–H groups in total. The molecule has 3 atom stereocenters. The van der Waals surface area contributed by atoms with E-state index in [1.54, 1.807) is 14.2 Å². The Balaban J connectivity index is 1.95. The van der Waals surface area contributed by atoms with Crippen LogP contribution in [-0.4, -0.2) is 31.6 Å². The standard InChI is InChI=1S/C17H28O4/c1-5-6-7-8-13(2)15(18)21-16-10-9-14(11-16)17(12-16,19-3)20-4/h5-6,13-14H,7-12H2,1-4H3. The second-order valence-corrected chi connectivity index (χ2v) is 6.49. The summed E-state index contributed by atoms with van der Waals surface area (Å²) in [7, 11) is 3.36. The van der Waals surface area contributed by atoms with Crippen LogP contribution >= 0.6 is 0 Å². The lowest BCUT2D eigenvalue weighted by molar-refractivity contribution is -0.245. The number of methoxy groups -OCH3 is 2. The van der Waals surface area contributed by atoms with Crippen LogP contribution in [0.25, 0.3) is 0 Å². The number of carbonyl (C=O) groups is 1. The van der Waals surface area contributed by atoms with Crippen LogP contribution in [0.3, 0.4) is 0 Å². The Labute approximate surface area is 127 Å². The third-order valence-electron chi connectivity index (χ3n) is 5.17. The highest BCUT2D eigenvalue weighted by Gasteiger charge is 2.62. The molecule has 0 radical (unpaired) electrons. The molecule has 2 rings (SSSR count). The zero-order valence-corrected chi connectivity index (χ0v) is 13.7. The zero-order chi connectivity index (χ0) is 15.5. The summed E-state index contributed by atoms with van der Waals surface area (Å²) in [5.74, 6) is -0.372. The average Bonchev–Trinajstić information content (AvgIpc) is 3.03. The molecule has 0 aromatic carbocycles. The summed E-state index contributed by atoms with van der Waals surface area (Å²) in [5, 5.41) is 0. The summed E-state index contributed by atoms with van der Waals surface area (Å²) in [6.45, 7) is 3.94. The first-order valence-electron chi connectivity index (χ1n) is 7.95. The molecule has 0 spiro atoms. The Kier molecular flexibility index (Phi) is 5.10. The summed E-state index contributed by atoms with van der Waals surface area (Å²) in [6.07, 6.45) is 9.31. The molecule has 0 aliphatic heterocycles. The molecule has 0 amide bonds. The minimum absolute atomic E-state index is 0.0604. The fraction of sp³-hybridized carbons (Fsp3) is 0.824. The highest BCUT2D eigenvalue weighted by molar-refractivity contribution is 5.72. The molecule has 4 nitrogen and oxygen atoms in total. The van der Waals surface area contributed by atoms with E-state index in [0.29, 0.717) is 12.3 Å². The molecule has 2 saturated carbocycles. The van der Waals surface area contributed by atoms with Crippen molar-refractivity contribution in [2.24, 2.45) is 11.8 Å². The molecule has 2 aliphatic carbocycles. The van der Waals surface area contributed by atoms with Crippen molar-refractivity contribution in [2.45, 2.75) is 63.8 Å². The van der Waals surface area contributed by atoms with Gasteiger partial charge in [-0.1, -0.05) is 19.1 Å². The van der Waals surface area contributed by atoms with E-state index in [1.807, 2.05) is 19.9 Å². The number of esters is 1. The molecule has 2 fully saturated rings. The summed E-state index contributed by atoms with van der Waals surface area (Å²) >= 11 is 0. The smallest absolute Gasteiger partial charge is 0.309 e. The molecule has 21 heavy (non-hydrogen) atoms. The van der Waals surface area contributed by atoms with Gasteiger partial charge in [-0.3, -0.25) is 4.79 Å². The minimum atomic E-state index is -0.563. The maximum atomic E-state index is 12.3. The quantitative estimate of drug-likeness (QED) is 0.410. The van der Waals surface area contributed by atoms with Crippen molar-refractivity contribution in [3.8, 4) is 0 Å². The van der Waals surface area contributed by atoms with Crippen molar-refractivity contribution in [3.05, 3.63) is 12.2 Å². The first-order valence-corrected chi connectivity index (χ1v) is 7.95. The van der Waals surface area contributed by atoms with Crippen LogP contribution in [0.2, 0.25) is 0 Å². The van der Waals surface area contributed by atoms with Crippen molar-refractivity contribution in [1.82, 2.24) is 0 Å². The van der Waals surface area contributed by atoms with Gasteiger partial charge in [0.2, 0.25) is 0 Å². The summed E-state index contributed by atoms with van der Waals surface area (Å²) in [6, 6.07) is 0. The van der Waals surface area contributed by atoms with E-state index in [1.165, 1.54) is 0 Å². The summed E-state index contributed by atoms with van der Waals surface area (Å²) in [4.78, 5) is 12.3. The molecule has 0 heterocycles. The van der Waals surface area contributed by atoms with E-state index in [-0.39, 0.29) is 17.5 Å². The normalized spacial score (nSPS) is 31.7. The highest BCUT2D eigenvalue weighted by Crippen LogP contribution is 2.57. The molecule has 2 bridgehead atoms. The van der Waals surface area contributed by atoms with Gasteiger partial charge < -0.3 is 14.2 Å². The van der Waals surface area contributed by atoms with E-state index in [4.69, 9.17) is 14.2 Å². The van der Waals surface area contributed by atoms with Crippen LogP contribution < -0.4 is 0 Å². The Morgan fingerprint density at radius 2 is 2.10 bits per heavy atom. The van der Waals surface area contributed by atoms with Gasteiger partial charge >= 0.3 is 5.97 Å². The first kappa shape index (κ1) is 16.5. The molecule has 0 aromatic rings. The van der Waals surface area contributed by atoms with E-state index < -0.39 is 5.79 Å². The fourth-order valence-electron chi connectivity index (χ4n) is 3.85. The summed E-state index contributed by atoms with van der Waals surface area (Å²) < 4.78 is 17.1. The van der Waals surface area contributed by atoms with Gasteiger partial charge in [-0.25, -0.2) is 0 Å². The van der Waals surface area contributed by atoms with Gasteiger partial charge in [-0.2, -0.15) is 0 Å². The molecular weight excluding hydrogens is 268 g/mol. The molecule has 0 saturated heterocycles. The van der Waals surface area contributed by atoms with E-state index >= 15 is 0 Å². The van der Waals surface area contributed by atoms with E-state index in [0.717, 1.165) is 32.1 Å². The predicted molar refractivity (Wildman–Crippen MR) is 80.7 cm³/mol. The van der Waals surface area contributed by atoms with Gasteiger partial charge in [0, 0.05) is 26.6 Å². The van der Waals surface area contributed by atoms with Gasteiger partial charge in [0.25, 0.3) is 0 Å². The number of fused-ring (bicyclic) bond motifs is 2. The second-order valence-electron chi connectivity index (χ2n) is 6.49. The molecule has 2 aliphatic rings. The van der Waals surface area contributed by atoms with E-state index in [2.05, 4.69) is 6.08 Å². The molecule has 4 heteroatoms. The van der Waals surface area contributed by atoms with E-state index in [9.17, 15) is 4.79 Å². The average molecular weight is 296 g/mol. The number of allylic oxidation sites excluding steroid dienone is 2. The largest absolute Gasteiger partial charge is 0.459 e. The summed E-state index contributed by atoms with van der Waals surface area (Å²) in [5.41, 5.74) is -0.372. The Morgan fingerprint density at radius 3 is 2.67 bits per heavy atom. The van der Waals surface area contributed by atoms with Gasteiger partial charge in [0.1, 0.15) is 5.60 Å².